The van der Waals surface area contributed by atoms with Gasteiger partial charge in [0.1, 0.15) is 41.2 Å². The fourth-order valence-corrected chi connectivity index (χ4v) is 6.83. The van der Waals surface area contributed by atoms with Gasteiger partial charge in [-0.1, -0.05) is 6.07 Å². The van der Waals surface area contributed by atoms with Crippen molar-refractivity contribution in [2.24, 2.45) is 5.41 Å². The molecule has 1 saturated heterocycles. The molecule has 0 bridgehead atoms. The van der Waals surface area contributed by atoms with Crippen LogP contribution in [0.5, 0.6) is 0 Å². The highest BCUT2D eigenvalue weighted by Gasteiger charge is 2.66. The molecule has 4 heterocycles. The molecule has 11 nitrogen and oxygen atoms in total. The number of Topliss-reactive ketones (excluding diaryl/α,β-unsaturated/α-hetero) is 1. The lowest BCUT2D eigenvalue weighted by Crippen LogP contribution is -2.47. The van der Waals surface area contributed by atoms with Gasteiger partial charge in [-0.25, -0.2) is 19.3 Å². The van der Waals surface area contributed by atoms with Gasteiger partial charge in [-0.05, 0) is 84.4 Å². The molecule has 2 aliphatic rings. The molecule has 1 saturated carbocycles. The summed E-state index contributed by atoms with van der Waals surface area (Å²) in [6.45, 7) is 7.09. The van der Waals surface area contributed by atoms with Gasteiger partial charge in [-0.2, -0.15) is 5.10 Å². The van der Waals surface area contributed by atoms with E-state index in [-0.39, 0.29) is 47.8 Å². The summed E-state index contributed by atoms with van der Waals surface area (Å²) in [7, 11) is 0. The fourth-order valence-electron chi connectivity index (χ4n) is 6.52. The van der Waals surface area contributed by atoms with Crippen molar-refractivity contribution in [2.75, 3.05) is 25.1 Å². The molecule has 3 aromatic heterocycles. The number of alkyl halides is 1. The molecule has 3 atom stereocenters. The number of fused-ring (bicyclic) bond motifs is 2. The zero-order chi connectivity index (χ0) is 32.0. The molecule has 13 heteroatoms. The minimum atomic E-state index is -0.744. The number of benzene rings is 1. The van der Waals surface area contributed by atoms with E-state index in [0.29, 0.717) is 40.1 Å². The summed E-state index contributed by atoms with van der Waals surface area (Å²) in [5.41, 5.74) is 3.88. The smallest absolute Gasteiger partial charge is 0.248 e. The summed E-state index contributed by atoms with van der Waals surface area (Å²) in [6.07, 6.45) is 4.63. The second kappa shape index (κ2) is 12.0. The van der Waals surface area contributed by atoms with Gasteiger partial charge in [-0.3, -0.25) is 19.1 Å². The normalized spacial score (nSPS) is 20.4. The predicted octanol–water partition coefficient (Wildman–Crippen LogP) is 4.34. The van der Waals surface area contributed by atoms with Gasteiger partial charge < -0.3 is 15.5 Å². The topological polar surface area (TPSA) is 135 Å². The summed E-state index contributed by atoms with van der Waals surface area (Å²) < 4.78 is 15.0. The van der Waals surface area contributed by atoms with E-state index in [4.69, 9.17) is 0 Å². The van der Waals surface area contributed by atoms with Crippen LogP contribution in [0.4, 0.5) is 10.2 Å². The van der Waals surface area contributed by atoms with Crippen LogP contribution in [0.1, 0.15) is 47.2 Å². The molecule has 0 radical (unpaired) electrons. The van der Waals surface area contributed by atoms with E-state index >= 15 is 0 Å². The first-order valence-corrected chi connectivity index (χ1v) is 15.6. The number of ketones is 1. The van der Waals surface area contributed by atoms with Gasteiger partial charge in [0.15, 0.2) is 5.78 Å². The number of aromatic nitrogens is 5. The van der Waals surface area contributed by atoms with Crippen molar-refractivity contribution >= 4 is 50.2 Å². The minimum absolute atomic E-state index is 0.153. The lowest BCUT2D eigenvalue weighted by atomic mass is 9.99. The maximum absolute atomic E-state index is 14.1. The Morgan fingerprint density at radius 2 is 1.82 bits per heavy atom. The predicted molar refractivity (Wildman–Crippen MR) is 170 cm³/mol. The van der Waals surface area contributed by atoms with Crippen molar-refractivity contribution in [3.8, 4) is 11.1 Å². The zero-order valence-corrected chi connectivity index (χ0v) is 27.1. The van der Waals surface area contributed by atoms with Gasteiger partial charge in [0, 0.05) is 54.8 Å². The van der Waals surface area contributed by atoms with Gasteiger partial charge in [0.2, 0.25) is 11.8 Å². The average Bonchev–Trinajstić information content (AvgIpc) is 3.40. The molecule has 6 rings (SSSR count). The third-order valence-corrected chi connectivity index (χ3v) is 9.27. The van der Waals surface area contributed by atoms with Crippen molar-refractivity contribution in [2.45, 2.75) is 59.2 Å². The fraction of sp³-hybridized carbons (Fsp3) is 0.406. The Morgan fingerprint density at radius 3 is 2.53 bits per heavy atom. The number of pyridine rings is 1. The summed E-state index contributed by atoms with van der Waals surface area (Å²) in [4.78, 5) is 55.2. The summed E-state index contributed by atoms with van der Waals surface area (Å²) in [5.74, 6) is 0.242. The van der Waals surface area contributed by atoms with E-state index in [1.54, 1.807) is 28.0 Å². The molecule has 234 valence electrons. The van der Waals surface area contributed by atoms with Gasteiger partial charge >= 0.3 is 0 Å². The van der Waals surface area contributed by atoms with Crippen LogP contribution in [0.3, 0.4) is 0 Å². The van der Waals surface area contributed by atoms with E-state index in [1.165, 1.54) is 6.92 Å². The average molecular weight is 678 g/mol. The third-order valence-electron chi connectivity index (χ3n) is 8.83. The molecule has 1 aromatic carbocycles. The van der Waals surface area contributed by atoms with Crippen molar-refractivity contribution in [1.29, 1.82) is 0 Å². The van der Waals surface area contributed by atoms with Crippen molar-refractivity contribution < 1.29 is 18.8 Å². The van der Waals surface area contributed by atoms with Gasteiger partial charge in [0.25, 0.3) is 0 Å². The second-order valence-electron chi connectivity index (χ2n) is 12.0. The lowest BCUT2D eigenvalue weighted by molar-refractivity contribution is -0.138. The Kier molecular flexibility index (Phi) is 8.25. The minimum Gasteiger partial charge on any atom is -0.325 e. The second-order valence-corrected chi connectivity index (χ2v) is 12.8. The number of nitrogens with zero attached hydrogens (tertiary/aromatic N) is 6. The van der Waals surface area contributed by atoms with Crippen LogP contribution in [0, 0.1) is 26.2 Å². The molecular weight excluding hydrogens is 643 g/mol. The maximum atomic E-state index is 14.1. The highest BCUT2D eigenvalue weighted by atomic mass is 79.9. The highest BCUT2D eigenvalue weighted by Crippen LogP contribution is 2.59. The molecule has 2 fully saturated rings. The standard InChI is InChI=1S/C32H34BrFN8O3/c1-17-5-6-26(33)38-30(17)39-31(45)24-11-32(16-35-8-7-34)12-25(32)42(24)27(44)15-41-29-18(2)9-21(22-13-36-20(4)37-14-22)10-23(29)28(40-41)19(3)43/h5-6,9-10,13-14,24-25,35H,7-8,11-12,15-16H2,1-4H3,(H,38,39,45)/t24-,25+,32-/m0/s1. The number of rotatable bonds is 10. The van der Waals surface area contributed by atoms with Gasteiger partial charge in [0.05, 0.1) is 5.52 Å². The number of aryl methyl sites for hydroxylation is 3. The van der Waals surface area contributed by atoms with Crippen molar-refractivity contribution in [3.63, 3.8) is 0 Å². The van der Waals surface area contributed by atoms with E-state index < -0.39 is 12.7 Å². The van der Waals surface area contributed by atoms with Crippen LogP contribution in [-0.4, -0.2) is 79.1 Å². The summed E-state index contributed by atoms with van der Waals surface area (Å²) >= 11 is 3.35. The van der Waals surface area contributed by atoms with E-state index in [2.05, 4.69) is 46.6 Å². The monoisotopic (exact) mass is 676 g/mol. The van der Waals surface area contributed by atoms with Crippen LogP contribution in [0.25, 0.3) is 22.0 Å². The molecule has 45 heavy (non-hydrogen) atoms. The number of likely N-dealkylation sites (tertiary alicyclic amines) is 1. The number of hydrogen-bond acceptors (Lipinski definition) is 8. The van der Waals surface area contributed by atoms with E-state index in [9.17, 15) is 18.8 Å². The Morgan fingerprint density at radius 1 is 1.07 bits per heavy atom. The Bertz CT molecular complexity index is 1830. The molecule has 1 aliphatic carbocycles. The Hall–Kier alpha value is -4.10. The van der Waals surface area contributed by atoms with E-state index in [1.807, 2.05) is 39.0 Å². The largest absolute Gasteiger partial charge is 0.325 e. The molecule has 1 aliphatic heterocycles. The number of piperidine rings is 1. The molecule has 4 aromatic rings. The van der Waals surface area contributed by atoms with E-state index in [0.717, 1.165) is 28.7 Å². The number of carbonyl (C=O) groups excluding carboxylic acids is 3. The highest BCUT2D eigenvalue weighted by molar-refractivity contribution is 9.10. The Labute approximate surface area is 268 Å². The SMILES string of the molecule is CC(=O)c1nn(CC(=O)N2[C@H](C(=O)Nc3nc(Br)ccc3C)C[C@@]3(CNCCF)C[C@@H]23)c2c(C)cc(-c3cnc(C)nc3)cc12. The van der Waals surface area contributed by atoms with Crippen LogP contribution in [-0.2, 0) is 16.1 Å². The number of carbonyl (C=O) groups is 3. The summed E-state index contributed by atoms with van der Waals surface area (Å²) in [6, 6.07) is 6.56. The quantitative estimate of drug-likeness (QED) is 0.144. The zero-order valence-electron chi connectivity index (χ0n) is 25.5. The van der Waals surface area contributed by atoms with Crippen molar-refractivity contribution in [1.82, 2.24) is 34.9 Å². The van der Waals surface area contributed by atoms with Crippen LogP contribution in [0.15, 0.2) is 41.3 Å². The summed E-state index contributed by atoms with van der Waals surface area (Å²) in [5, 5.41) is 11.3. The molecular formula is C32H34BrFN8O3. The van der Waals surface area contributed by atoms with Gasteiger partial charge in [-0.15, -0.1) is 0 Å². The first-order valence-electron chi connectivity index (χ1n) is 14.8. The number of anilines is 1. The molecule has 0 unspecified atom stereocenters. The molecule has 0 spiro atoms. The number of amides is 2. The first kappa shape index (κ1) is 30.9. The number of hydrogen-bond donors (Lipinski definition) is 2. The molecule has 2 N–H and O–H groups in total. The van der Waals surface area contributed by atoms with Crippen LogP contribution in [0.2, 0.25) is 0 Å². The number of halogens is 2. The molecule has 2 amide bonds. The van der Waals surface area contributed by atoms with Crippen LogP contribution >= 0.6 is 15.9 Å². The maximum Gasteiger partial charge on any atom is 0.248 e. The lowest BCUT2D eigenvalue weighted by Gasteiger charge is -2.27. The van der Waals surface area contributed by atoms with Crippen molar-refractivity contribution in [3.05, 3.63) is 63.9 Å². The first-order chi connectivity index (χ1) is 21.5. The third kappa shape index (κ3) is 5.86. The van der Waals surface area contributed by atoms with Crippen LogP contribution < -0.4 is 10.6 Å². The number of nitrogens with one attached hydrogen (secondary N) is 2. The Balaban J connectivity index is 1.32.